The zero-order valence-electron chi connectivity index (χ0n) is 8.07. The van der Waals surface area contributed by atoms with E-state index in [1.54, 1.807) is 13.1 Å². The van der Waals surface area contributed by atoms with Crippen LogP contribution in [-0.4, -0.2) is 23.2 Å². The zero-order chi connectivity index (χ0) is 11.4. The number of carbonyl (C=O) groups excluding carboxylic acids is 1. The maximum absolute atomic E-state index is 10.8. The first-order valence-corrected chi connectivity index (χ1v) is 4.57. The molecule has 0 heterocycles. The van der Waals surface area contributed by atoms with Gasteiger partial charge in [-0.1, -0.05) is 0 Å². The van der Waals surface area contributed by atoms with Crippen LogP contribution in [0.5, 0.6) is 5.75 Å². The Hall–Kier alpha value is -1.82. The monoisotopic (exact) mass is 225 g/mol. The molecule has 15 heavy (non-hydrogen) atoms. The van der Waals surface area contributed by atoms with Gasteiger partial charge in [0.05, 0.1) is 5.56 Å². The molecule has 0 aliphatic heterocycles. The minimum absolute atomic E-state index is 0.0796. The smallest absolute Gasteiger partial charge is 0.252 e. The fraction of sp³-hybridized carbons (Fsp3) is 0.111. The van der Waals surface area contributed by atoms with Crippen molar-refractivity contribution >= 4 is 28.9 Å². The summed E-state index contributed by atoms with van der Waals surface area (Å²) < 4.78 is 0. The van der Waals surface area contributed by atoms with E-state index >= 15 is 0 Å². The van der Waals surface area contributed by atoms with Crippen molar-refractivity contribution in [1.29, 1.82) is 0 Å². The number of benzene rings is 1. The lowest BCUT2D eigenvalue weighted by Gasteiger charge is -2.08. The minimum Gasteiger partial charge on any atom is -0.507 e. The van der Waals surface area contributed by atoms with Crippen LogP contribution >= 0.6 is 12.2 Å². The van der Waals surface area contributed by atoms with E-state index in [4.69, 9.17) is 18.0 Å². The van der Waals surface area contributed by atoms with Crippen LogP contribution in [0.1, 0.15) is 10.4 Å². The lowest BCUT2D eigenvalue weighted by Crippen LogP contribution is -2.24. The number of primary amides is 1. The molecule has 5 nitrogen and oxygen atoms in total. The van der Waals surface area contributed by atoms with Crippen LogP contribution in [0, 0.1) is 0 Å². The SMILES string of the molecule is CNC(=S)Nc1ccc(C(N)=O)c(O)c1. The van der Waals surface area contributed by atoms with Crippen molar-refractivity contribution in [3.8, 4) is 5.75 Å². The van der Waals surface area contributed by atoms with Crippen LogP contribution in [0.25, 0.3) is 0 Å². The molecule has 0 spiro atoms. The molecule has 1 amide bonds. The Morgan fingerprint density at radius 2 is 2.20 bits per heavy atom. The number of hydrogen-bond acceptors (Lipinski definition) is 3. The van der Waals surface area contributed by atoms with E-state index in [9.17, 15) is 9.90 Å². The van der Waals surface area contributed by atoms with Crippen LogP contribution in [0.3, 0.4) is 0 Å². The van der Waals surface area contributed by atoms with Crippen LogP contribution in [-0.2, 0) is 0 Å². The summed E-state index contributed by atoms with van der Waals surface area (Å²) >= 11 is 4.87. The van der Waals surface area contributed by atoms with Gasteiger partial charge in [0.2, 0.25) is 0 Å². The first-order valence-electron chi connectivity index (χ1n) is 4.16. The number of rotatable bonds is 2. The average molecular weight is 225 g/mol. The molecule has 0 aliphatic carbocycles. The molecule has 6 heteroatoms. The molecule has 0 fully saturated rings. The second kappa shape index (κ2) is 4.61. The predicted molar refractivity (Wildman–Crippen MR) is 61.9 cm³/mol. The van der Waals surface area contributed by atoms with Gasteiger partial charge in [-0.2, -0.15) is 0 Å². The average Bonchev–Trinajstić information content (AvgIpc) is 2.17. The Morgan fingerprint density at radius 1 is 1.53 bits per heavy atom. The summed E-state index contributed by atoms with van der Waals surface area (Å²) in [5, 5.41) is 15.4. The van der Waals surface area contributed by atoms with Crippen molar-refractivity contribution in [3.63, 3.8) is 0 Å². The van der Waals surface area contributed by atoms with Gasteiger partial charge in [0.15, 0.2) is 5.11 Å². The first kappa shape index (κ1) is 11.3. The largest absolute Gasteiger partial charge is 0.507 e. The van der Waals surface area contributed by atoms with Gasteiger partial charge in [-0.3, -0.25) is 4.79 Å². The van der Waals surface area contributed by atoms with Crippen LogP contribution in [0.2, 0.25) is 0 Å². The van der Waals surface area contributed by atoms with Gasteiger partial charge in [-0.05, 0) is 24.4 Å². The van der Waals surface area contributed by atoms with Crippen molar-refractivity contribution in [2.45, 2.75) is 0 Å². The van der Waals surface area contributed by atoms with Gasteiger partial charge in [0, 0.05) is 18.8 Å². The molecule has 1 aromatic rings. The van der Waals surface area contributed by atoms with Crippen molar-refractivity contribution < 1.29 is 9.90 Å². The molecular weight excluding hydrogens is 214 g/mol. The van der Waals surface area contributed by atoms with Gasteiger partial charge in [0.25, 0.3) is 5.91 Å². The third kappa shape index (κ3) is 2.81. The van der Waals surface area contributed by atoms with Gasteiger partial charge in [0.1, 0.15) is 5.75 Å². The summed E-state index contributed by atoms with van der Waals surface area (Å²) in [5.41, 5.74) is 5.69. The van der Waals surface area contributed by atoms with Gasteiger partial charge >= 0.3 is 0 Å². The summed E-state index contributed by atoms with van der Waals surface area (Å²) in [6, 6.07) is 4.41. The summed E-state index contributed by atoms with van der Waals surface area (Å²) in [4.78, 5) is 10.8. The Labute approximate surface area is 92.3 Å². The number of aromatic hydroxyl groups is 1. The maximum atomic E-state index is 10.8. The first-order chi connectivity index (χ1) is 7.04. The number of carbonyl (C=O) groups is 1. The van der Waals surface area contributed by atoms with E-state index in [2.05, 4.69) is 10.6 Å². The molecular formula is C9H11N3O2S. The zero-order valence-corrected chi connectivity index (χ0v) is 8.89. The van der Waals surface area contributed by atoms with E-state index < -0.39 is 5.91 Å². The Kier molecular flexibility index (Phi) is 3.46. The third-order valence-corrected chi connectivity index (χ3v) is 2.05. The fourth-order valence-electron chi connectivity index (χ4n) is 1.01. The van der Waals surface area contributed by atoms with Gasteiger partial charge in [-0.25, -0.2) is 0 Å². The van der Waals surface area contributed by atoms with Crippen molar-refractivity contribution in [2.24, 2.45) is 5.73 Å². The fourth-order valence-corrected chi connectivity index (χ4v) is 1.13. The van der Waals surface area contributed by atoms with Crippen molar-refractivity contribution in [3.05, 3.63) is 23.8 Å². The van der Waals surface area contributed by atoms with E-state index in [0.29, 0.717) is 10.8 Å². The number of phenols is 1. The lowest BCUT2D eigenvalue weighted by atomic mass is 10.1. The molecule has 0 radical (unpaired) electrons. The predicted octanol–water partition coefficient (Wildman–Crippen LogP) is 0.407. The highest BCUT2D eigenvalue weighted by molar-refractivity contribution is 7.80. The molecule has 0 saturated carbocycles. The highest BCUT2D eigenvalue weighted by Crippen LogP contribution is 2.21. The molecule has 80 valence electrons. The molecule has 0 aromatic heterocycles. The number of thiocarbonyl (C=S) groups is 1. The van der Waals surface area contributed by atoms with E-state index in [1.807, 2.05) is 0 Å². The van der Waals surface area contributed by atoms with Crippen molar-refractivity contribution in [2.75, 3.05) is 12.4 Å². The Morgan fingerprint density at radius 3 is 2.67 bits per heavy atom. The number of nitrogens with one attached hydrogen (secondary N) is 2. The topological polar surface area (TPSA) is 87.4 Å². The number of nitrogens with two attached hydrogens (primary N) is 1. The van der Waals surface area contributed by atoms with E-state index in [-0.39, 0.29) is 11.3 Å². The Balaban J connectivity index is 2.91. The van der Waals surface area contributed by atoms with Crippen LogP contribution in [0.15, 0.2) is 18.2 Å². The quantitative estimate of drug-likeness (QED) is 0.547. The van der Waals surface area contributed by atoms with E-state index in [0.717, 1.165) is 0 Å². The maximum Gasteiger partial charge on any atom is 0.252 e. The molecule has 0 atom stereocenters. The minimum atomic E-state index is -0.671. The van der Waals surface area contributed by atoms with Crippen LogP contribution in [0.4, 0.5) is 5.69 Å². The second-order valence-electron chi connectivity index (χ2n) is 2.80. The highest BCUT2D eigenvalue weighted by Gasteiger charge is 2.07. The molecule has 1 rings (SSSR count). The Bertz CT molecular complexity index is 406. The summed E-state index contributed by atoms with van der Waals surface area (Å²) in [7, 11) is 1.67. The standard InChI is InChI=1S/C9H11N3O2S/c1-11-9(15)12-5-2-3-6(8(10)14)7(13)4-5/h2-4,13H,1H3,(H2,10,14)(H2,11,12,15). The lowest BCUT2D eigenvalue weighted by molar-refractivity contribution is 0.0998. The molecule has 0 bridgehead atoms. The van der Waals surface area contributed by atoms with E-state index in [1.165, 1.54) is 12.1 Å². The number of amides is 1. The third-order valence-electron chi connectivity index (χ3n) is 1.75. The molecule has 0 aliphatic rings. The summed E-state index contributed by atoms with van der Waals surface area (Å²) in [5.74, 6) is -0.846. The number of anilines is 1. The van der Waals surface area contributed by atoms with Crippen LogP contribution < -0.4 is 16.4 Å². The molecule has 1 aromatic carbocycles. The molecule has 0 saturated heterocycles. The molecule has 5 N–H and O–H groups in total. The molecule has 0 unspecified atom stereocenters. The summed E-state index contributed by atoms with van der Waals surface area (Å²) in [6.07, 6.45) is 0. The van der Waals surface area contributed by atoms with Gasteiger partial charge in [-0.15, -0.1) is 0 Å². The van der Waals surface area contributed by atoms with Gasteiger partial charge < -0.3 is 21.5 Å². The highest BCUT2D eigenvalue weighted by atomic mass is 32.1. The number of hydrogen-bond donors (Lipinski definition) is 4. The normalized spacial score (nSPS) is 9.40. The summed E-state index contributed by atoms with van der Waals surface area (Å²) in [6.45, 7) is 0. The second-order valence-corrected chi connectivity index (χ2v) is 3.21. The van der Waals surface area contributed by atoms with Crippen molar-refractivity contribution in [1.82, 2.24) is 5.32 Å².